The highest BCUT2D eigenvalue weighted by atomic mass is 19.1. The van der Waals surface area contributed by atoms with Gasteiger partial charge in [0.1, 0.15) is 17.6 Å². The summed E-state index contributed by atoms with van der Waals surface area (Å²) in [5.74, 6) is -0.537. The molecule has 0 saturated carbocycles. The first-order valence-corrected chi connectivity index (χ1v) is 29.8. The van der Waals surface area contributed by atoms with Crippen molar-refractivity contribution in [3.8, 4) is 0 Å². The third kappa shape index (κ3) is 40.7. The number of benzene rings is 2. The van der Waals surface area contributed by atoms with Crippen LogP contribution in [0.3, 0.4) is 0 Å². The second kappa shape index (κ2) is 54.5. The summed E-state index contributed by atoms with van der Waals surface area (Å²) >= 11 is 0. The summed E-state index contributed by atoms with van der Waals surface area (Å²) in [6.45, 7) is 19.3. The lowest BCUT2D eigenvalue weighted by Gasteiger charge is -2.14. The molecule has 1 heterocycles. The van der Waals surface area contributed by atoms with Gasteiger partial charge in [-0.1, -0.05) is 144 Å². The number of ether oxygens (including phenoxy) is 3. The predicted molar refractivity (Wildman–Crippen MR) is 330 cm³/mol. The van der Waals surface area contributed by atoms with Crippen LogP contribution in [0.4, 0.5) is 9.18 Å². The fourth-order valence-electron chi connectivity index (χ4n) is 8.05. The lowest BCUT2D eigenvalue weighted by Crippen LogP contribution is -2.31. The zero-order valence-corrected chi connectivity index (χ0v) is 51.8. The molecule has 0 fully saturated rings. The molecule has 1 aromatic heterocycles. The maximum atomic E-state index is 12.5. The highest BCUT2D eigenvalue weighted by Crippen LogP contribution is 2.14. The van der Waals surface area contributed by atoms with Crippen LogP contribution in [-0.2, 0) is 49.6 Å². The molecule has 0 bridgehead atoms. The Morgan fingerprint density at radius 2 is 0.881 bits per heavy atom. The smallest absolute Gasteiger partial charge is 0.407 e. The molecule has 5 amide bonds. The zero-order chi connectivity index (χ0) is 63.3. The van der Waals surface area contributed by atoms with Gasteiger partial charge in [-0.25, -0.2) is 9.78 Å². The number of nitrogens with zero attached hydrogens (tertiary/aromatic N) is 3. The summed E-state index contributed by atoms with van der Waals surface area (Å²) in [6, 6.07) is 16.7. The molecule has 6 atom stereocenters. The van der Waals surface area contributed by atoms with Crippen LogP contribution in [0.2, 0.25) is 0 Å². The number of alkyl carbamates (subject to hydrolysis) is 1. The van der Waals surface area contributed by atoms with Crippen LogP contribution in [-0.4, -0.2) is 123 Å². The minimum absolute atomic E-state index is 0. The number of unbranched alkanes of at least 4 members (excludes halogenated alkanes) is 6. The summed E-state index contributed by atoms with van der Waals surface area (Å²) in [5.41, 5.74) is 7.68. The van der Waals surface area contributed by atoms with Crippen LogP contribution in [0.15, 0.2) is 54.6 Å². The first kappa shape index (κ1) is 79.6. The average molecular weight is 1190 g/mol. The van der Waals surface area contributed by atoms with E-state index in [1.54, 1.807) is 18.2 Å². The largest absolute Gasteiger partial charge is 0.469 e. The summed E-state index contributed by atoms with van der Waals surface area (Å²) in [4.78, 5) is 88.2. The van der Waals surface area contributed by atoms with Crippen molar-refractivity contribution in [3.05, 3.63) is 60.2 Å². The third-order valence-electron chi connectivity index (χ3n) is 13.5. The van der Waals surface area contributed by atoms with Gasteiger partial charge in [0.15, 0.2) is 0 Å². The van der Waals surface area contributed by atoms with Gasteiger partial charge >= 0.3 is 18.0 Å². The Kier molecular flexibility index (Phi) is 51.7. The van der Waals surface area contributed by atoms with Crippen LogP contribution in [0.25, 0.3) is 11.0 Å². The molecule has 0 aliphatic heterocycles. The van der Waals surface area contributed by atoms with Gasteiger partial charge in [0.05, 0.1) is 34.6 Å². The number of esters is 2. The Bertz CT molecular complexity index is 2180. The number of carbonyl (C=O) groups excluding carboxylic acids is 7. The highest BCUT2D eigenvalue weighted by Gasteiger charge is 2.18. The number of carbonyl (C=O) groups is 7. The number of para-hydroxylation sites is 1. The van der Waals surface area contributed by atoms with Crippen LogP contribution < -0.4 is 37.3 Å². The first-order valence-electron chi connectivity index (χ1n) is 30.5. The van der Waals surface area contributed by atoms with Crippen molar-refractivity contribution in [2.24, 2.45) is 41.2 Å². The Morgan fingerprint density at radius 3 is 1.24 bits per heavy atom. The minimum Gasteiger partial charge on any atom is -0.469 e. The number of halogens is 1. The maximum absolute atomic E-state index is 12.5. The van der Waals surface area contributed by atoms with E-state index in [4.69, 9.17) is 21.8 Å². The normalized spacial score (nSPS) is 12.5. The molecule has 0 radical (unpaired) electrons. The van der Waals surface area contributed by atoms with Gasteiger partial charge in [0, 0.05) is 56.4 Å². The van der Waals surface area contributed by atoms with E-state index in [1.165, 1.54) is 14.2 Å². The second-order valence-corrected chi connectivity index (χ2v) is 20.4. The molecule has 0 saturated heterocycles. The molecule has 22 heteroatoms. The summed E-state index contributed by atoms with van der Waals surface area (Å²) < 4.78 is 30.1. The van der Waals surface area contributed by atoms with Crippen molar-refractivity contribution < 1.29 is 63.8 Å². The van der Waals surface area contributed by atoms with Gasteiger partial charge in [-0.15, -0.1) is 5.10 Å². The fraction of sp³-hybridized carbons (Fsp3) is 0.694. The van der Waals surface area contributed by atoms with Gasteiger partial charge in [-0.2, -0.15) is 5.26 Å². The predicted octanol–water partition coefficient (Wildman–Crippen LogP) is 10.1. The Balaban J connectivity index is -0.00000147. The van der Waals surface area contributed by atoms with E-state index in [1.807, 2.05) is 91.8 Å². The van der Waals surface area contributed by atoms with Crippen LogP contribution in [0.1, 0.15) is 185 Å². The molecule has 21 nitrogen and oxygen atoms in total. The first-order chi connectivity index (χ1) is 40.4. The van der Waals surface area contributed by atoms with Gasteiger partial charge < -0.3 is 46.5 Å². The summed E-state index contributed by atoms with van der Waals surface area (Å²) in [7, 11) is 1.80. The zero-order valence-electron chi connectivity index (χ0n) is 52.8. The lowest BCUT2D eigenvalue weighted by molar-refractivity contribution is -0.250. The number of hydrogen-bond acceptors (Lipinski definition) is 15. The molecule has 2 aromatic carbocycles. The standard InChI is InChI=1S/C37H62N4O7.C15H30N2O3.C6H5N3O2.C2H6.CH3F.CH4/c1-28(33(42)38-23-13-10-18-29(2)34(43)40-25-15-12-20-31(4)36(45)47-5)17-9-14-24-39-35(44)30(3)19-11-16-26-41-37(46)48-27-32-21-7-6-8-22-32;1-12(8-4-6-10-16)14(18)17-11-7-5-9-13(2)15(19)20-3;10-11-9-6-4-2-1-3-5(6)7-8-9;2*1-2;/h6-8,21-22,28-31H,9-20,23-27H2,1-5H3,(H,38,42)(H,39,44)(H,40,43)(H,41,46);12-13H,4-11,16H2,1-3H3,(H,17,18);1-4,10H;1-2H3;1H3;1H4/t28-,29-,30-,31-;12-,13-;;;;/m00..../s1/i;;;;1D;. The SMILES string of the molecule is C.CC.COC(=O)[C@@H](C)CCCCNC(=O)[C@@H](C)CCCCN.COC(=O)[C@@H](C)CCCCNC(=O)[C@@H](C)CCCCNC(=O)[C@@H](C)CCCCNC(=O)[C@@H](C)CCCCNC(=O)OCc1ccccc1.OOn1nnc2ccccc21.[2H]CF. The van der Waals surface area contributed by atoms with Gasteiger partial charge in [-0.3, -0.25) is 33.2 Å². The molecular formula is C62H110FN9O12. The molecule has 0 unspecified atom stereocenters. The molecule has 482 valence electrons. The second-order valence-electron chi connectivity index (χ2n) is 20.4. The van der Waals surface area contributed by atoms with Crippen molar-refractivity contribution in [1.82, 2.24) is 41.7 Å². The lowest BCUT2D eigenvalue weighted by atomic mass is 10.0. The van der Waals surface area contributed by atoms with Gasteiger partial charge in [0.25, 0.3) is 0 Å². The van der Waals surface area contributed by atoms with Crippen molar-refractivity contribution >= 4 is 52.7 Å². The van der Waals surface area contributed by atoms with Crippen molar-refractivity contribution in [2.75, 3.05) is 60.6 Å². The number of methoxy groups -OCH3 is 2. The van der Waals surface area contributed by atoms with Crippen LogP contribution >= 0.6 is 0 Å². The number of alkyl halides is 1. The number of rotatable bonds is 38. The minimum atomic E-state index is -1.00. The number of hydrogen-bond donors (Lipinski definition) is 7. The molecule has 3 rings (SSSR count). The highest BCUT2D eigenvalue weighted by molar-refractivity contribution is 5.79. The van der Waals surface area contributed by atoms with E-state index >= 15 is 0 Å². The van der Waals surface area contributed by atoms with Crippen molar-refractivity contribution in [1.29, 1.82) is 0 Å². The summed E-state index contributed by atoms with van der Waals surface area (Å²) in [6.07, 6.45) is 14.7. The molecule has 0 aliphatic rings. The molecule has 84 heavy (non-hydrogen) atoms. The van der Waals surface area contributed by atoms with Crippen molar-refractivity contribution in [3.63, 3.8) is 0 Å². The number of aromatic nitrogens is 3. The van der Waals surface area contributed by atoms with Gasteiger partial charge in [0.2, 0.25) is 23.6 Å². The molecule has 0 spiro atoms. The average Bonchev–Trinajstić information content (AvgIpc) is 4.12. The maximum Gasteiger partial charge on any atom is 0.407 e. The molecule has 3 aromatic rings. The molecule has 0 aliphatic carbocycles. The third-order valence-corrected chi connectivity index (χ3v) is 13.5. The van der Waals surface area contributed by atoms with Crippen molar-refractivity contribution in [2.45, 2.75) is 185 Å². The van der Waals surface area contributed by atoms with E-state index in [-0.39, 0.29) is 85.1 Å². The topological polar surface area (TPSA) is 294 Å². The van der Waals surface area contributed by atoms with E-state index in [2.05, 4.69) is 46.6 Å². The Hall–Kier alpha value is -6.42. The Morgan fingerprint density at radius 1 is 0.548 bits per heavy atom. The fourth-order valence-corrected chi connectivity index (χ4v) is 8.05. The molecule has 8 N–H and O–H groups in total. The van der Waals surface area contributed by atoms with E-state index in [0.717, 1.165) is 126 Å². The quantitative estimate of drug-likeness (QED) is 0.00923. The van der Waals surface area contributed by atoms with E-state index in [0.29, 0.717) is 50.3 Å². The Labute approximate surface area is 503 Å². The van der Waals surface area contributed by atoms with Gasteiger partial charge in [-0.05, 0) is 111 Å². The monoisotopic (exact) mass is 1190 g/mol. The number of nitrogens with one attached hydrogen (secondary N) is 5. The number of nitrogens with two attached hydrogens (primary N) is 1. The van der Waals surface area contributed by atoms with E-state index < -0.39 is 13.2 Å². The van der Waals surface area contributed by atoms with Crippen LogP contribution in [0.5, 0.6) is 0 Å². The summed E-state index contributed by atoms with van der Waals surface area (Å²) in [5, 5.41) is 30.2. The number of amides is 5. The van der Waals surface area contributed by atoms with Crippen LogP contribution in [0, 0.1) is 35.5 Å². The van der Waals surface area contributed by atoms with E-state index in [9.17, 15) is 38.0 Å². The molecular weight excluding hydrogens is 1080 g/mol. The number of fused-ring (bicyclic) bond motifs is 1.